The summed E-state index contributed by atoms with van der Waals surface area (Å²) in [5, 5.41) is 19.2. The molecule has 2 aromatic carbocycles. The zero-order valence-electron chi connectivity index (χ0n) is 12.2. The van der Waals surface area contributed by atoms with Gasteiger partial charge in [-0.25, -0.2) is 4.79 Å². The van der Waals surface area contributed by atoms with Crippen LogP contribution in [0.3, 0.4) is 0 Å². The minimum atomic E-state index is -4.62. The highest BCUT2D eigenvalue weighted by molar-refractivity contribution is 6.14. The summed E-state index contributed by atoms with van der Waals surface area (Å²) in [6.07, 6.45) is -3.92. The second kappa shape index (κ2) is 6.99. The first-order chi connectivity index (χ1) is 11.3. The SMILES string of the molecule is O=C(O)/C(C=Nc1ccccc1C(F)(F)F)=C(/O)c1ccccc1. The molecule has 24 heavy (non-hydrogen) atoms. The van der Waals surface area contributed by atoms with Crippen LogP contribution in [0.25, 0.3) is 5.76 Å². The number of nitrogens with zero attached hydrogens (tertiary/aromatic N) is 1. The van der Waals surface area contributed by atoms with Crippen molar-refractivity contribution >= 4 is 23.6 Å². The van der Waals surface area contributed by atoms with E-state index in [-0.39, 0.29) is 5.56 Å². The molecule has 0 aliphatic carbocycles. The van der Waals surface area contributed by atoms with Crippen molar-refractivity contribution in [2.24, 2.45) is 4.99 Å². The minimum absolute atomic E-state index is 0.213. The number of carboxylic acid groups (broad SMARTS) is 1. The molecule has 2 N–H and O–H groups in total. The van der Waals surface area contributed by atoms with Gasteiger partial charge in [0.25, 0.3) is 0 Å². The van der Waals surface area contributed by atoms with Gasteiger partial charge in [0, 0.05) is 11.8 Å². The highest BCUT2D eigenvalue weighted by Crippen LogP contribution is 2.36. The maximum Gasteiger partial charge on any atom is 0.418 e. The topological polar surface area (TPSA) is 69.9 Å². The zero-order valence-corrected chi connectivity index (χ0v) is 12.2. The largest absolute Gasteiger partial charge is 0.506 e. The van der Waals surface area contributed by atoms with E-state index in [1.165, 1.54) is 24.3 Å². The van der Waals surface area contributed by atoms with Crippen LogP contribution in [0, 0.1) is 0 Å². The fourth-order valence-electron chi connectivity index (χ4n) is 1.93. The predicted molar refractivity (Wildman–Crippen MR) is 83.2 cm³/mol. The fourth-order valence-corrected chi connectivity index (χ4v) is 1.93. The normalized spacial score (nSPS) is 13.0. The Labute approximate surface area is 135 Å². The van der Waals surface area contributed by atoms with E-state index in [2.05, 4.69) is 4.99 Å². The molecule has 124 valence electrons. The standard InChI is InChI=1S/C17H12F3NO3/c18-17(19,20)13-8-4-5-9-14(13)21-10-12(16(23)24)15(22)11-6-2-1-3-7-11/h1-10,22H,(H,23,24)/b15-12+,21-10?. The average Bonchev–Trinajstić information content (AvgIpc) is 2.55. The van der Waals surface area contributed by atoms with Crippen LogP contribution in [0.2, 0.25) is 0 Å². The number of para-hydroxylation sites is 1. The second-order valence-corrected chi connectivity index (χ2v) is 4.71. The molecule has 0 saturated heterocycles. The molecule has 0 aliphatic rings. The van der Waals surface area contributed by atoms with Gasteiger partial charge in [-0.2, -0.15) is 13.2 Å². The molecule has 7 heteroatoms. The fraction of sp³-hybridized carbons (Fsp3) is 0.0588. The Kier molecular flexibility index (Phi) is 5.03. The first kappa shape index (κ1) is 17.3. The Balaban J connectivity index is 2.47. The third-order valence-electron chi connectivity index (χ3n) is 3.07. The Morgan fingerprint density at radius 3 is 2.12 bits per heavy atom. The molecule has 0 radical (unpaired) electrons. The lowest BCUT2D eigenvalue weighted by Crippen LogP contribution is -2.07. The lowest BCUT2D eigenvalue weighted by molar-refractivity contribution is -0.137. The van der Waals surface area contributed by atoms with E-state index in [1.54, 1.807) is 18.2 Å². The van der Waals surface area contributed by atoms with Gasteiger partial charge >= 0.3 is 12.1 Å². The molecule has 0 unspecified atom stereocenters. The van der Waals surface area contributed by atoms with Crippen LogP contribution in [0.1, 0.15) is 11.1 Å². The summed E-state index contributed by atoms with van der Waals surface area (Å²) in [6.45, 7) is 0. The number of carbonyl (C=O) groups is 1. The third kappa shape index (κ3) is 4.01. The van der Waals surface area contributed by atoms with Gasteiger partial charge in [-0.1, -0.05) is 42.5 Å². The number of rotatable bonds is 4. The van der Waals surface area contributed by atoms with E-state index in [4.69, 9.17) is 0 Å². The van der Waals surface area contributed by atoms with Crippen molar-refractivity contribution in [3.8, 4) is 0 Å². The van der Waals surface area contributed by atoms with E-state index >= 15 is 0 Å². The zero-order chi connectivity index (χ0) is 17.7. The van der Waals surface area contributed by atoms with Crippen LogP contribution >= 0.6 is 0 Å². The number of hydrogen-bond acceptors (Lipinski definition) is 3. The number of alkyl halides is 3. The number of hydrogen-bond donors (Lipinski definition) is 2. The average molecular weight is 335 g/mol. The number of halogens is 3. The minimum Gasteiger partial charge on any atom is -0.506 e. The van der Waals surface area contributed by atoms with Gasteiger partial charge in [-0.3, -0.25) is 4.99 Å². The van der Waals surface area contributed by atoms with Crippen LogP contribution in [0.15, 0.2) is 65.2 Å². The monoisotopic (exact) mass is 335 g/mol. The maximum atomic E-state index is 12.9. The first-order valence-electron chi connectivity index (χ1n) is 6.73. The first-order valence-corrected chi connectivity index (χ1v) is 6.73. The van der Waals surface area contributed by atoms with Gasteiger partial charge < -0.3 is 10.2 Å². The van der Waals surface area contributed by atoms with E-state index < -0.39 is 34.7 Å². The van der Waals surface area contributed by atoms with E-state index in [0.717, 1.165) is 12.1 Å². The predicted octanol–water partition coefficient (Wildman–Crippen LogP) is 4.46. The summed E-state index contributed by atoms with van der Waals surface area (Å²) in [5.41, 5.74) is -1.83. The van der Waals surface area contributed by atoms with Crippen molar-refractivity contribution in [2.45, 2.75) is 6.18 Å². The number of aliphatic hydroxyl groups is 1. The van der Waals surface area contributed by atoms with Crippen molar-refractivity contribution in [3.63, 3.8) is 0 Å². The summed E-state index contributed by atoms with van der Waals surface area (Å²) in [6, 6.07) is 12.3. The summed E-state index contributed by atoms with van der Waals surface area (Å²) in [5.74, 6) is -2.10. The summed E-state index contributed by atoms with van der Waals surface area (Å²) in [4.78, 5) is 14.9. The Bertz CT molecular complexity index is 796. The molecule has 0 aliphatic heterocycles. The van der Waals surface area contributed by atoms with Gasteiger partial charge in [-0.15, -0.1) is 0 Å². The molecule has 0 heterocycles. The highest BCUT2D eigenvalue weighted by atomic mass is 19.4. The van der Waals surface area contributed by atoms with Crippen LogP contribution < -0.4 is 0 Å². The maximum absolute atomic E-state index is 12.9. The Morgan fingerprint density at radius 1 is 0.958 bits per heavy atom. The van der Waals surface area contributed by atoms with Crippen molar-refractivity contribution < 1.29 is 28.2 Å². The van der Waals surface area contributed by atoms with Crippen LogP contribution in [-0.2, 0) is 11.0 Å². The van der Waals surface area contributed by atoms with E-state index in [1.807, 2.05) is 0 Å². The smallest absolute Gasteiger partial charge is 0.418 e. The second-order valence-electron chi connectivity index (χ2n) is 4.71. The third-order valence-corrected chi connectivity index (χ3v) is 3.07. The van der Waals surface area contributed by atoms with Gasteiger partial charge in [0.15, 0.2) is 0 Å². The summed E-state index contributed by atoms with van der Waals surface area (Å²) < 4.78 is 38.7. The van der Waals surface area contributed by atoms with Crippen molar-refractivity contribution in [2.75, 3.05) is 0 Å². The molecule has 0 amide bonds. The number of aliphatic hydroxyl groups excluding tert-OH is 1. The highest BCUT2D eigenvalue weighted by Gasteiger charge is 2.33. The molecular formula is C17H12F3NO3. The van der Waals surface area contributed by atoms with Crippen LogP contribution in [0.4, 0.5) is 18.9 Å². The molecular weight excluding hydrogens is 323 g/mol. The molecule has 0 fully saturated rings. The molecule has 2 rings (SSSR count). The number of aliphatic imine (C=N–C) groups is 1. The lowest BCUT2D eigenvalue weighted by atomic mass is 10.1. The Morgan fingerprint density at radius 2 is 1.54 bits per heavy atom. The molecule has 0 atom stereocenters. The van der Waals surface area contributed by atoms with E-state index in [0.29, 0.717) is 6.21 Å². The quantitative estimate of drug-likeness (QED) is 0.492. The molecule has 0 spiro atoms. The Hall–Kier alpha value is -3.09. The van der Waals surface area contributed by atoms with Gasteiger partial charge in [0.05, 0.1) is 11.3 Å². The number of carboxylic acids is 1. The van der Waals surface area contributed by atoms with Crippen LogP contribution in [0.5, 0.6) is 0 Å². The molecule has 0 saturated carbocycles. The van der Waals surface area contributed by atoms with Crippen molar-refractivity contribution in [1.82, 2.24) is 0 Å². The van der Waals surface area contributed by atoms with Crippen molar-refractivity contribution in [1.29, 1.82) is 0 Å². The number of benzene rings is 2. The molecule has 0 aromatic heterocycles. The van der Waals surface area contributed by atoms with E-state index in [9.17, 15) is 28.2 Å². The molecule has 0 bridgehead atoms. The van der Waals surface area contributed by atoms with Crippen LogP contribution in [-0.4, -0.2) is 22.4 Å². The lowest BCUT2D eigenvalue weighted by Gasteiger charge is -2.09. The summed E-state index contributed by atoms with van der Waals surface area (Å²) >= 11 is 0. The van der Waals surface area contributed by atoms with Crippen molar-refractivity contribution in [3.05, 3.63) is 71.3 Å². The summed E-state index contributed by atoms with van der Waals surface area (Å²) in [7, 11) is 0. The molecule has 2 aromatic rings. The van der Waals surface area contributed by atoms with Gasteiger partial charge in [-0.05, 0) is 12.1 Å². The van der Waals surface area contributed by atoms with Gasteiger partial charge in [0.2, 0.25) is 0 Å². The van der Waals surface area contributed by atoms with Gasteiger partial charge in [0.1, 0.15) is 11.3 Å². The number of aliphatic carboxylic acids is 1. The molecule has 4 nitrogen and oxygen atoms in total.